The fourth-order valence-corrected chi connectivity index (χ4v) is 2.19. The van der Waals surface area contributed by atoms with Gasteiger partial charge in [0.15, 0.2) is 0 Å². The minimum Gasteiger partial charge on any atom is -0.368 e. The second-order valence-electron chi connectivity index (χ2n) is 4.35. The lowest BCUT2D eigenvalue weighted by molar-refractivity contribution is -0.137. The van der Waals surface area contributed by atoms with Crippen LogP contribution < -0.4 is 5.32 Å². The molecule has 0 spiro atoms. The fraction of sp³-hybridized carbons (Fsp3) is 0.200. The third kappa shape index (κ3) is 4.85. The number of nitrogens with one attached hydrogen (secondary N) is 1. The predicted octanol–water partition coefficient (Wildman–Crippen LogP) is 4.77. The third-order valence-corrected chi connectivity index (χ3v) is 4.01. The molecule has 0 aliphatic heterocycles. The molecule has 0 aliphatic carbocycles. The van der Waals surface area contributed by atoms with E-state index in [9.17, 15) is 13.2 Å². The Bertz CT molecular complexity index is 754. The van der Waals surface area contributed by atoms with Gasteiger partial charge in [-0.3, -0.25) is 0 Å². The molecular formula is C15H10BrClF3N3. The normalized spacial score (nSPS) is 10.8. The topological polar surface area (TPSA) is 37.8 Å². The van der Waals surface area contributed by atoms with Crippen molar-refractivity contribution in [3.05, 3.63) is 51.3 Å². The second kappa shape index (κ2) is 7.66. The number of hydrogen-bond donors (Lipinski definition) is 1. The van der Waals surface area contributed by atoms with E-state index in [1.165, 1.54) is 24.5 Å². The molecule has 8 heteroatoms. The van der Waals surface area contributed by atoms with Gasteiger partial charge in [-0.1, -0.05) is 35.6 Å². The van der Waals surface area contributed by atoms with Gasteiger partial charge in [-0.25, -0.2) is 9.97 Å². The smallest absolute Gasteiger partial charge is 0.368 e. The summed E-state index contributed by atoms with van der Waals surface area (Å²) < 4.78 is 39.0. The standard InChI is InChI=1S/C15H10BrClF3N3/c16-12-13(17)22-9-23-14(12)21-8-4-3-6-10-5-1-2-7-11(10)15(18,19)20/h1-2,5,7,9H,4,8H2,(H,21,22,23). The van der Waals surface area contributed by atoms with E-state index in [1.54, 1.807) is 0 Å². The average Bonchev–Trinajstić information content (AvgIpc) is 2.50. The maximum absolute atomic E-state index is 12.8. The van der Waals surface area contributed by atoms with E-state index in [1.807, 2.05) is 0 Å². The molecule has 0 atom stereocenters. The van der Waals surface area contributed by atoms with Crippen LogP contribution in [0.5, 0.6) is 0 Å². The quantitative estimate of drug-likeness (QED) is 0.455. The molecular weight excluding hydrogens is 395 g/mol. The molecule has 1 N–H and O–H groups in total. The van der Waals surface area contributed by atoms with E-state index >= 15 is 0 Å². The highest BCUT2D eigenvalue weighted by molar-refractivity contribution is 9.10. The van der Waals surface area contributed by atoms with E-state index in [0.29, 0.717) is 23.3 Å². The van der Waals surface area contributed by atoms with E-state index in [2.05, 4.69) is 43.1 Å². The fourth-order valence-electron chi connectivity index (χ4n) is 1.71. The zero-order valence-corrected chi connectivity index (χ0v) is 13.9. The SMILES string of the molecule is FC(F)(F)c1ccccc1C#CCCNc1ncnc(Cl)c1Br. The van der Waals surface area contributed by atoms with Crippen molar-refractivity contribution < 1.29 is 13.2 Å². The van der Waals surface area contributed by atoms with Crippen molar-refractivity contribution in [2.45, 2.75) is 12.6 Å². The van der Waals surface area contributed by atoms with E-state index < -0.39 is 11.7 Å². The van der Waals surface area contributed by atoms with Gasteiger partial charge in [0.25, 0.3) is 0 Å². The number of benzene rings is 1. The summed E-state index contributed by atoms with van der Waals surface area (Å²) in [4.78, 5) is 7.78. The number of aromatic nitrogens is 2. The molecule has 0 fully saturated rings. The molecule has 0 saturated carbocycles. The molecule has 0 saturated heterocycles. The predicted molar refractivity (Wildman–Crippen MR) is 86.2 cm³/mol. The van der Waals surface area contributed by atoms with E-state index in [4.69, 9.17) is 11.6 Å². The van der Waals surface area contributed by atoms with Crippen molar-refractivity contribution >= 4 is 33.3 Å². The molecule has 1 heterocycles. The summed E-state index contributed by atoms with van der Waals surface area (Å²) in [5.41, 5.74) is -0.767. The lowest BCUT2D eigenvalue weighted by Crippen LogP contribution is -2.07. The van der Waals surface area contributed by atoms with E-state index in [0.717, 1.165) is 6.07 Å². The van der Waals surface area contributed by atoms with Crippen molar-refractivity contribution in [2.24, 2.45) is 0 Å². The summed E-state index contributed by atoms with van der Waals surface area (Å²) >= 11 is 9.06. The molecule has 0 radical (unpaired) electrons. The summed E-state index contributed by atoms with van der Waals surface area (Å²) in [5, 5.41) is 3.25. The first-order valence-electron chi connectivity index (χ1n) is 6.44. The minimum atomic E-state index is -4.41. The van der Waals surface area contributed by atoms with Gasteiger partial charge in [0.2, 0.25) is 0 Å². The van der Waals surface area contributed by atoms with Crippen LogP contribution in [0.4, 0.5) is 19.0 Å². The number of halogens is 5. The maximum Gasteiger partial charge on any atom is 0.417 e. The average molecular weight is 405 g/mol. The van der Waals surface area contributed by atoms with Gasteiger partial charge in [-0.2, -0.15) is 13.2 Å². The van der Waals surface area contributed by atoms with Crippen LogP contribution in [0.3, 0.4) is 0 Å². The Labute approximate surface area is 144 Å². The van der Waals surface area contributed by atoms with Crippen LogP contribution in [0, 0.1) is 11.8 Å². The molecule has 2 rings (SSSR count). The number of nitrogens with zero attached hydrogens (tertiary/aromatic N) is 2. The van der Waals surface area contributed by atoms with Gasteiger partial charge in [0.1, 0.15) is 17.3 Å². The van der Waals surface area contributed by atoms with Gasteiger partial charge >= 0.3 is 6.18 Å². The highest BCUT2D eigenvalue weighted by Gasteiger charge is 2.32. The van der Waals surface area contributed by atoms with Gasteiger partial charge < -0.3 is 5.32 Å². The zero-order chi connectivity index (χ0) is 16.9. The van der Waals surface area contributed by atoms with Crippen molar-refractivity contribution in [1.29, 1.82) is 0 Å². The van der Waals surface area contributed by atoms with Crippen LogP contribution in [0.15, 0.2) is 35.1 Å². The number of anilines is 1. The highest BCUT2D eigenvalue weighted by atomic mass is 79.9. The summed E-state index contributed by atoms with van der Waals surface area (Å²) in [7, 11) is 0. The Morgan fingerprint density at radius 3 is 2.70 bits per heavy atom. The summed E-state index contributed by atoms with van der Waals surface area (Å²) in [6.45, 7) is 0.410. The lowest BCUT2D eigenvalue weighted by atomic mass is 10.1. The molecule has 0 unspecified atom stereocenters. The molecule has 2 aromatic rings. The Balaban J connectivity index is 1.99. The molecule has 1 aromatic carbocycles. The minimum absolute atomic E-state index is 0.0359. The van der Waals surface area contributed by atoms with Crippen molar-refractivity contribution in [2.75, 3.05) is 11.9 Å². The van der Waals surface area contributed by atoms with E-state index in [-0.39, 0.29) is 10.7 Å². The Morgan fingerprint density at radius 2 is 1.96 bits per heavy atom. The Hall–Kier alpha value is -1.78. The molecule has 3 nitrogen and oxygen atoms in total. The van der Waals surface area contributed by atoms with Gasteiger partial charge in [-0.05, 0) is 28.1 Å². The van der Waals surface area contributed by atoms with Crippen LogP contribution in [0.2, 0.25) is 5.15 Å². The van der Waals surface area contributed by atoms with Gasteiger partial charge in [0, 0.05) is 18.5 Å². The van der Waals surface area contributed by atoms with Crippen LogP contribution in [0.25, 0.3) is 0 Å². The largest absolute Gasteiger partial charge is 0.417 e. The van der Waals surface area contributed by atoms with Crippen LogP contribution in [-0.4, -0.2) is 16.5 Å². The summed E-state index contributed by atoms with van der Waals surface area (Å²) in [5.74, 6) is 5.77. The number of alkyl halides is 3. The Kier molecular flexibility index (Phi) is 5.85. The lowest BCUT2D eigenvalue weighted by Gasteiger charge is -2.08. The second-order valence-corrected chi connectivity index (χ2v) is 5.50. The molecule has 23 heavy (non-hydrogen) atoms. The van der Waals surface area contributed by atoms with Crippen molar-refractivity contribution in [1.82, 2.24) is 9.97 Å². The highest BCUT2D eigenvalue weighted by Crippen LogP contribution is 2.31. The van der Waals surface area contributed by atoms with Crippen LogP contribution in [-0.2, 0) is 6.18 Å². The molecule has 0 amide bonds. The first kappa shape index (κ1) is 17.6. The third-order valence-electron chi connectivity index (χ3n) is 2.74. The molecule has 1 aromatic heterocycles. The summed E-state index contributed by atoms with van der Waals surface area (Å²) in [6.07, 6.45) is -2.76. The molecule has 120 valence electrons. The number of rotatable bonds is 3. The van der Waals surface area contributed by atoms with Gasteiger partial charge in [-0.15, -0.1) is 0 Å². The van der Waals surface area contributed by atoms with Crippen LogP contribution in [0.1, 0.15) is 17.5 Å². The Morgan fingerprint density at radius 1 is 1.22 bits per heavy atom. The monoisotopic (exact) mass is 403 g/mol. The van der Waals surface area contributed by atoms with Gasteiger partial charge in [0.05, 0.1) is 10.0 Å². The van der Waals surface area contributed by atoms with Crippen LogP contribution >= 0.6 is 27.5 Å². The molecule has 0 aliphatic rings. The molecule has 0 bridgehead atoms. The first-order chi connectivity index (χ1) is 10.9. The van der Waals surface area contributed by atoms with Crippen molar-refractivity contribution in [3.8, 4) is 11.8 Å². The zero-order valence-electron chi connectivity index (χ0n) is 11.6. The maximum atomic E-state index is 12.8. The summed E-state index contributed by atoms with van der Waals surface area (Å²) in [6, 6.07) is 5.23. The first-order valence-corrected chi connectivity index (χ1v) is 7.61. The number of hydrogen-bond acceptors (Lipinski definition) is 3. The van der Waals surface area contributed by atoms with Crippen molar-refractivity contribution in [3.63, 3.8) is 0 Å².